The first-order chi connectivity index (χ1) is 18.5. The Morgan fingerprint density at radius 2 is 1.84 bits per heavy atom. The second-order valence-electron chi connectivity index (χ2n) is 8.91. The number of carbonyl (C=O) groups is 2. The first-order valence-corrected chi connectivity index (χ1v) is 14.0. The maximum atomic E-state index is 13.9. The van der Waals surface area contributed by atoms with Crippen molar-refractivity contribution in [3.05, 3.63) is 94.8 Å². The van der Waals surface area contributed by atoms with E-state index in [4.69, 9.17) is 10.5 Å². The van der Waals surface area contributed by atoms with Gasteiger partial charge in [-0.05, 0) is 40.1 Å². The van der Waals surface area contributed by atoms with Crippen LogP contribution in [0.1, 0.15) is 22.9 Å². The molecule has 1 unspecified atom stereocenters. The van der Waals surface area contributed by atoms with Crippen LogP contribution < -0.4 is 5.73 Å². The van der Waals surface area contributed by atoms with E-state index in [1.54, 1.807) is 16.3 Å². The maximum absolute atomic E-state index is 13.9. The normalized spacial score (nSPS) is 19.0. The van der Waals surface area contributed by atoms with Gasteiger partial charge in [0.25, 0.3) is 5.78 Å². The molecule has 2 aliphatic heterocycles. The number of β-lactam (4-membered cyclic amide) rings is 1. The molecule has 4 aromatic rings. The molecular formula is C26H23N7O3S2. The molecule has 2 N–H and O–H groups in total. The fraction of sp³-hybridized carbons (Fsp3) is 0.231. The van der Waals surface area contributed by atoms with Crippen molar-refractivity contribution in [3.63, 3.8) is 0 Å². The highest BCUT2D eigenvalue weighted by Crippen LogP contribution is 2.42. The average Bonchev–Trinajstić information content (AvgIpc) is 3.43. The largest absolute Gasteiger partial charge is 0.448 e. The molecule has 38 heavy (non-hydrogen) atoms. The summed E-state index contributed by atoms with van der Waals surface area (Å²) in [7, 11) is 0. The molecule has 1 amide bonds. The lowest BCUT2D eigenvalue weighted by atomic mass is 10.0. The lowest BCUT2D eigenvalue weighted by Gasteiger charge is -2.48. The predicted molar refractivity (Wildman–Crippen MR) is 143 cm³/mol. The van der Waals surface area contributed by atoms with Crippen molar-refractivity contribution < 1.29 is 14.3 Å². The fourth-order valence-electron chi connectivity index (χ4n) is 4.51. The van der Waals surface area contributed by atoms with Gasteiger partial charge in [0, 0.05) is 17.2 Å². The lowest BCUT2D eigenvalue weighted by molar-refractivity contribution is -0.153. The zero-order valence-electron chi connectivity index (χ0n) is 20.3. The number of ether oxygens (including phenoxy) is 1. The van der Waals surface area contributed by atoms with Crippen LogP contribution in [0.2, 0.25) is 0 Å². The van der Waals surface area contributed by atoms with E-state index in [0.717, 1.165) is 27.4 Å². The van der Waals surface area contributed by atoms with Crippen LogP contribution in [-0.4, -0.2) is 64.7 Å². The van der Waals surface area contributed by atoms with Crippen molar-refractivity contribution in [1.82, 2.24) is 29.9 Å². The Bertz CT molecular complexity index is 1510. The minimum absolute atomic E-state index is 0.267. The van der Waals surface area contributed by atoms with Crippen molar-refractivity contribution in [2.75, 3.05) is 11.5 Å². The number of hydrogen-bond donors (Lipinski definition) is 1. The first-order valence-electron chi connectivity index (χ1n) is 11.9. The third-order valence-electron chi connectivity index (χ3n) is 6.38. The topological polar surface area (TPSA) is 129 Å². The van der Waals surface area contributed by atoms with Crippen LogP contribution in [-0.2, 0) is 14.3 Å². The number of carbonyl (C=O) groups excluding carboxylic acids is 2. The van der Waals surface area contributed by atoms with Crippen LogP contribution in [0.5, 0.6) is 0 Å². The molecular weight excluding hydrogens is 522 g/mol. The molecule has 0 radical (unpaired) electrons. The smallest absolute Gasteiger partial charge is 0.356 e. The van der Waals surface area contributed by atoms with Gasteiger partial charge < -0.3 is 10.5 Å². The number of nitrogens with two attached hydrogens (primary N) is 1. The summed E-state index contributed by atoms with van der Waals surface area (Å²) in [4.78, 5) is 32.5. The molecule has 2 aliphatic rings. The van der Waals surface area contributed by atoms with Crippen molar-refractivity contribution in [1.29, 1.82) is 0 Å². The molecule has 0 aliphatic carbocycles. The van der Waals surface area contributed by atoms with E-state index in [-0.39, 0.29) is 17.0 Å². The Labute approximate surface area is 226 Å². The second kappa shape index (κ2) is 10.2. The Kier molecular flexibility index (Phi) is 6.60. The summed E-state index contributed by atoms with van der Waals surface area (Å²) in [6.45, 7) is 1.87. The zero-order valence-corrected chi connectivity index (χ0v) is 21.9. The number of thioether (sulfide) groups is 2. The van der Waals surface area contributed by atoms with Gasteiger partial charge in [0.2, 0.25) is 5.91 Å². The minimum Gasteiger partial charge on any atom is -0.448 e. The number of fused-ring (bicyclic) bond motifs is 2. The number of nitrogens with zero attached hydrogens (tertiary/aromatic N) is 6. The van der Waals surface area contributed by atoms with Crippen LogP contribution in [0.25, 0.3) is 5.78 Å². The highest BCUT2D eigenvalue weighted by Gasteiger charge is 2.52. The summed E-state index contributed by atoms with van der Waals surface area (Å²) >= 11 is 3.02. The summed E-state index contributed by atoms with van der Waals surface area (Å²) < 4.78 is 7.72. The molecule has 0 saturated carbocycles. The summed E-state index contributed by atoms with van der Waals surface area (Å²) in [6.07, 6.45) is -0.631. The Hall–Kier alpha value is -3.74. The van der Waals surface area contributed by atoms with Crippen molar-refractivity contribution >= 4 is 41.2 Å². The van der Waals surface area contributed by atoms with E-state index >= 15 is 0 Å². The molecule has 1 fully saturated rings. The Balaban J connectivity index is 1.34. The van der Waals surface area contributed by atoms with E-state index in [1.165, 1.54) is 16.7 Å². The van der Waals surface area contributed by atoms with Gasteiger partial charge in [-0.3, -0.25) is 9.69 Å². The Morgan fingerprint density at radius 3 is 2.53 bits per heavy atom. The highest BCUT2D eigenvalue weighted by molar-refractivity contribution is 8.01. The molecule has 2 atom stereocenters. The van der Waals surface area contributed by atoms with Crippen molar-refractivity contribution in [2.24, 2.45) is 5.73 Å². The molecule has 12 heteroatoms. The van der Waals surface area contributed by atoms with Crippen molar-refractivity contribution in [2.45, 2.75) is 29.5 Å². The van der Waals surface area contributed by atoms with Crippen LogP contribution in [0.3, 0.4) is 0 Å². The van der Waals surface area contributed by atoms with Crippen LogP contribution in [0.4, 0.5) is 0 Å². The number of benzene rings is 2. The number of hydrogen-bond acceptors (Lipinski definition) is 10. The third kappa shape index (κ3) is 4.44. The molecule has 192 valence electrons. The molecule has 2 aromatic heterocycles. The summed E-state index contributed by atoms with van der Waals surface area (Å²) in [5.74, 6) is 0.543. The van der Waals surface area contributed by atoms with Gasteiger partial charge in [0.1, 0.15) is 22.1 Å². The number of esters is 1. The van der Waals surface area contributed by atoms with Gasteiger partial charge in [-0.1, -0.05) is 65.8 Å². The fourth-order valence-corrected chi connectivity index (χ4v) is 6.99. The maximum Gasteiger partial charge on any atom is 0.356 e. The molecule has 0 spiro atoms. The SMILES string of the molecule is Cc1cc(SCC2=C(C(=O)OC(c3ccccc3)c3ccccc3)N3C(=O)C(N)[C@@H]3SC2)n2nnnc2n1. The molecule has 4 heterocycles. The standard InChI is InChI=1S/C26H23N7O3S2/c1-15-12-19(33-26(28-15)29-30-31-33)37-13-18-14-38-24-20(27)23(34)32(24)21(18)25(35)36-22(16-8-4-2-5-9-16)17-10-6-3-7-11-17/h2-12,20,22,24H,13-14,27H2,1H3/t20?,24-/m0/s1. The predicted octanol–water partition coefficient (Wildman–Crippen LogP) is 2.75. The van der Waals surface area contributed by atoms with Gasteiger partial charge >= 0.3 is 5.97 Å². The number of tetrazole rings is 1. The number of aromatic nitrogens is 5. The van der Waals surface area contributed by atoms with Crippen LogP contribution >= 0.6 is 23.5 Å². The third-order valence-corrected chi connectivity index (χ3v) is 8.82. The quantitative estimate of drug-likeness (QED) is 0.160. The van der Waals surface area contributed by atoms with Crippen LogP contribution in [0.15, 0.2) is 83.0 Å². The summed E-state index contributed by atoms with van der Waals surface area (Å²) in [5, 5.41) is 12.2. The molecule has 6 rings (SSSR count). The molecule has 10 nitrogen and oxygen atoms in total. The van der Waals surface area contributed by atoms with E-state index in [1.807, 2.05) is 73.7 Å². The van der Waals surface area contributed by atoms with Gasteiger partial charge in [0.15, 0.2) is 6.10 Å². The second-order valence-corrected chi connectivity index (χ2v) is 11.0. The summed E-state index contributed by atoms with van der Waals surface area (Å²) in [5.41, 5.74) is 9.58. The highest BCUT2D eigenvalue weighted by atomic mass is 32.2. The van der Waals surface area contributed by atoms with Gasteiger partial charge in [-0.15, -0.1) is 23.5 Å². The van der Waals surface area contributed by atoms with E-state index in [0.29, 0.717) is 17.3 Å². The number of aryl methyl sites for hydroxylation is 1. The molecule has 0 bridgehead atoms. The van der Waals surface area contributed by atoms with E-state index in [2.05, 4.69) is 20.5 Å². The van der Waals surface area contributed by atoms with E-state index < -0.39 is 18.1 Å². The lowest BCUT2D eigenvalue weighted by Crippen LogP contribution is -2.68. The number of rotatable bonds is 7. The molecule has 2 aromatic carbocycles. The minimum atomic E-state index is -0.639. The summed E-state index contributed by atoms with van der Waals surface area (Å²) in [6, 6.07) is 20.4. The first kappa shape index (κ1) is 24.6. The zero-order chi connectivity index (χ0) is 26.2. The van der Waals surface area contributed by atoms with Gasteiger partial charge in [-0.25, -0.2) is 9.78 Å². The molecule has 1 saturated heterocycles. The van der Waals surface area contributed by atoms with Crippen molar-refractivity contribution in [3.8, 4) is 0 Å². The number of amides is 1. The van der Waals surface area contributed by atoms with Crippen LogP contribution in [0, 0.1) is 6.92 Å². The average molecular weight is 546 g/mol. The van der Waals surface area contributed by atoms with Gasteiger partial charge in [0.05, 0.1) is 0 Å². The monoisotopic (exact) mass is 545 g/mol. The van der Waals surface area contributed by atoms with E-state index in [9.17, 15) is 9.59 Å². The van der Waals surface area contributed by atoms with Gasteiger partial charge in [-0.2, -0.15) is 4.52 Å². The Morgan fingerprint density at radius 1 is 1.16 bits per heavy atom.